The predicted octanol–water partition coefficient (Wildman–Crippen LogP) is 3.23. The Morgan fingerprint density at radius 3 is 2.53 bits per heavy atom. The summed E-state index contributed by atoms with van der Waals surface area (Å²) in [6.07, 6.45) is 0.513. The number of carbonyl (C=O) groups excluding carboxylic acids is 2. The van der Waals surface area contributed by atoms with E-state index in [4.69, 9.17) is 0 Å². The largest absolute Gasteiger partial charge is 0.336 e. The molecule has 1 atom stereocenters. The van der Waals surface area contributed by atoms with Crippen LogP contribution in [0, 0.1) is 0 Å². The number of nitrogens with zero attached hydrogens (tertiary/aromatic N) is 1. The summed E-state index contributed by atoms with van der Waals surface area (Å²) in [6, 6.07) is 12.2. The highest BCUT2D eigenvalue weighted by Crippen LogP contribution is 2.28. The number of sulfonamides is 1. The fourth-order valence-corrected chi connectivity index (χ4v) is 4.69. The van der Waals surface area contributed by atoms with Gasteiger partial charge in [-0.25, -0.2) is 22.3 Å². The van der Waals surface area contributed by atoms with Crippen molar-refractivity contribution in [3.8, 4) is 0 Å². The van der Waals surface area contributed by atoms with Crippen molar-refractivity contribution in [2.45, 2.75) is 44.2 Å². The number of hydrogen-bond donors (Lipinski definition) is 3. The molecule has 0 aromatic heterocycles. The van der Waals surface area contributed by atoms with E-state index in [1.807, 2.05) is 51.1 Å². The number of anilines is 1. The van der Waals surface area contributed by atoms with E-state index >= 15 is 0 Å². The molecule has 0 spiro atoms. The topological polar surface area (TPSA) is 108 Å². The van der Waals surface area contributed by atoms with Crippen LogP contribution >= 0.6 is 0 Å². The third kappa shape index (κ3) is 4.56. The SMILES string of the molecule is CCc1cc(S(=O)(=O)N2CC(c3ccccc3)NC2=O)ccc1NC(=O)NC(C)C. The van der Waals surface area contributed by atoms with E-state index in [-0.39, 0.29) is 23.5 Å². The van der Waals surface area contributed by atoms with Gasteiger partial charge in [0.2, 0.25) is 0 Å². The highest BCUT2D eigenvalue weighted by atomic mass is 32.2. The van der Waals surface area contributed by atoms with Gasteiger partial charge in [0.1, 0.15) is 0 Å². The first-order chi connectivity index (χ1) is 14.2. The Morgan fingerprint density at radius 1 is 1.20 bits per heavy atom. The molecule has 0 saturated carbocycles. The van der Waals surface area contributed by atoms with Gasteiger partial charge in [0.05, 0.1) is 17.5 Å². The Balaban J connectivity index is 1.84. The minimum Gasteiger partial charge on any atom is -0.336 e. The zero-order valence-electron chi connectivity index (χ0n) is 17.2. The van der Waals surface area contributed by atoms with E-state index in [0.29, 0.717) is 17.7 Å². The zero-order valence-corrected chi connectivity index (χ0v) is 18.0. The lowest BCUT2D eigenvalue weighted by atomic mass is 10.1. The highest BCUT2D eigenvalue weighted by Gasteiger charge is 2.38. The quantitative estimate of drug-likeness (QED) is 0.654. The molecule has 2 aromatic carbocycles. The average molecular weight is 431 g/mol. The minimum absolute atomic E-state index is 0.0121. The molecule has 3 rings (SSSR count). The summed E-state index contributed by atoms with van der Waals surface area (Å²) in [5.74, 6) is 0. The van der Waals surface area contributed by atoms with Crippen LogP contribution in [0.15, 0.2) is 53.4 Å². The fraction of sp³-hybridized carbons (Fsp3) is 0.333. The summed E-state index contributed by atoms with van der Waals surface area (Å²) in [6.45, 7) is 5.58. The molecule has 3 N–H and O–H groups in total. The smallest absolute Gasteiger partial charge is 0.331 e. The Labute approximate surface area is 176 Å². The molecule has 8 nitrogen and oxygen atoms in total. The first kappa shape index (κ1) is 21.6. The molecule has 2 aromatic rings. The minimum atomic E-state index is -4.03. The lowest BCUT2D eigenvalue weighted by molar-refractivity contribution is 0.235. The second-order valence-electron chi connectivity index (χ2n) is 7.37. The second-order valence-corrected chi connectivity index (χ2v) is 9.24. The van der Waals surface area contributed by atoms with Crippen LogP contribution in [0.1, 0.15) is 37.9 Å². The van der Waals surface area contributed by atoms with E-state index in [1.165, 1.54) is 12.1 Å². The first-order valence-corrected chi connectivity index (χ1v) is 11.2. The van der Waals surface area contributed by atoms with Gasteiger partial charge in [-0.1, -0.05) is 37.3 Å². The molecule has 4 amide bonds. The maximum Gasteiger partial charge on any atom is 0.331 e. The summed E-state index contributed by atoms with van der Waals surface area (Å²) in [4.78, 5) is 24.4. The van der Waals surface area contributed by atoms with Crippen LogP contribution in [0.2, 0.25) is 0 Å². The summed E-state index contributed by atoms with van der Waals surface area (Å²) in [5.41, 5.74) is 2.03. The van der Waals surface area contributed by atoms with Gasteiger partial charge >= 0.3 is 12.1 Å². The molecule has 30 heavy (non-hydrogen) atoms. The average Bonchev–Trinajstić information content (AvgIpc) is 3.10. The molecular weight excluding hydrogens is 404 g/mol. The molecule has 1 heterocycles. The summed E-state index contributed by atoms with van der Waals surface area (Å²) < 4.78 is 27.1. The normalized spacial score (nSPS) is 16.5. The lowest BCUT2D eigenvalue weighted by Gasteiger charge is -2.18. The van der Waals surface area contributed by atoms with Gasteiger partial charge in [-0.15, -0.1) is 0 Å². The molecule has 0 bridgehead atoms. The number of hydrogen-bond acceptors (Lipinski definition) is 4. The Kier molecular flexibility index (Phi) is 6.31. The molecule has 1 aliphatic heterocycles. The van der Waals surface area contributed by atoms with Gasteiger partial charge in [0.15, 0.2) is 0 Å². The van der Waals surface area contributed by atoms with Crippen LogP contribution in [0.25, 0.3) is 0 Å². The molecule has 160 valence electrons. The van der Waals surface area contributed by atoms with Crippen molar-refractivity contribution in [1.82, 2.24) is 14.9 Å². The van der Waals surface area contributed by atoms with Crippen molar-refractivity contribution < 1.29 is 18.0 Å². The lowest BCUT2D eigenvalue weighted by Crippen LogP contribution is -2.35. The van der Waals surface area contributed by atoms with Crippen LogP contribution < -0.4 is 16.0 Å². The fourth-order valence-electron chi connectivity index (χ4n) is 3.29. The van der Waals surface area contributed by atoms with E-state index < -0.39 is 22.1 Å². The van der Waals surface area contributed by atoms with Crippen molar-refractivity contribution in [1.29, 1.82) is 0 Å². The van der Waals surface area contributed by atoms with Crippen LogP contribution in [0.3, 0.4) is 0 Å². The Bertz CT molecular complexity index is 1040. The predicted molar refractivity (Wildman–Crippen MR) is 115 cm³/mol. The van der Waals surface area contributed by atoms with Crippen molar-refractivity contribution in [2.75, 3.05) is 11.9 Å². The number of aryl methyl sites for hydroxylation is 1. The second kappa shape index (κ2) is 8.74. The Morgan fingerprint density at radius 2 is 1.90 bits per heavy atom. The summed E-state index contributed by atoms with van der Waals surface area (Å²) in [7, 11) is -4.03. The summed E-state index contributed by atoms with van der Waals surface area (Å²) in [5, 5.41) is 8.19. The van der Waals surface area contributed by atoms with E-state index in [1.54, 1.807) is 6.07 Å². The van der Waals surface area contributed by atoms with Crippen LogP contribution in [0.4, 0.5) is 15.3 Å². The standard InChI is InChI=1S/C21H26N4O4S/c1-4-15-12-17(10-11-18(15)23-20(26)22-14(2)3)30(28,29)25-13-19(24-21(25)27)16-8-6-5-7-9-16/h5-12,14,19H,4,13H2,1-3H3,(H,24,27)(H2,22,23,26). The number of urea groups is 2. The maximum atomic E-state index is 13.1. The maximum absolute atomic E-state index is 13.1. The van der Waals surface area contributed by atoms with Gasteiger partial charge in [-0.05, 0) is 49.6 Å². The van der Waals surface area contributed by atoms with Gasteiger partial charge in [-0.3, -0.25) is 0 Å². The van der Waals surface area contributed by atoms with E-state index in [0.717, 1.165) is 9.87 Å². The van der Waals surface area contributed by atoms with Gasteiger partial charge in [0.25, 0.3) is 10.0 Å². The van der Waals surface area contributed by atoms with Crippen LogP contribution in [-0.2, 0) is 16.4 Å². The highest BCUT2D eigenvalue weighted by molar-refractivity contribution is 7.89. The molecule has 1 unspecified atom stereocenters. The first-order valence-electron chi connectivity index (χ1n) is 9.81. The molecule has 1 fully saturated rings. The number of amides is 4. The molecule has 9 heteroatoms. The number of benzene rings is 2. The van der Waals surface area contributed by atoms with Crippen molar-refractivity contribution in [2.24, 2.45) is 0 Å². The Hall–Kier alpha value is -3.07. The number of nitrogens with one attached hydrogen (secondary N) is 3. The molecule has 0 aliphatic carbocycles. The number of rotatable bonds is 6. The summed E-state index contributed by atoms with van der Waals surface area (Å²) >= 11 is 0. The van der Waals surface area contributed by atoms with Gasteiger partial charge in [0, 0.05) is 11.7 Å². The van der Waals surface area contributed by atoms with Crippen LogP contribution in [-0.4, -0.2) is 37.4 Å². The number of carbonyl (C=O) groups is 2. The molecule has 1 aliphatic rings. The molecule has 0 radical (unpaired) electrons. The van der Waals surface area contributed by atoms with Gasteiger partial charge in [-0.2, -0.15) is 0 Å². The van der Waals surface area contributed by atoms with E-state index in [2.05, 4.69) is 16.0 Å². The van der Waals surface area contributed by atoms with Crippen molar-refractivity contribution >= 4 is 27.8 Å². The molecule has 1 saturated heterocycles. The van der Waals surface area contributed by atoms with Crippen molar-refractivity contribution in [3.05, 3.63) is 59.7 Å². The third-order valence-corrected chi connectivity index (χ3v) is 6.53. The van der Waals surface area contributed by atoms with Gasteiger partial charge < -0.3 is 16.0 Å². The molecular formula is C21H26N4O4S. The monoisotopic (exact) mass is 430 g/mol. The third-order valence-electron chi connectivity index (χ3n) is 4.79. The zero-order chi connectivity index (χ0) is 21.9. The van der Waals surface area contributed by atoms with E-state index in [9.17, 15) is 18.0 Å². The van der Waals surface area contributed by atoms with Crippen molar-refractivity contribution in [3.63, 3.8) is 0 Å². The van der Waals surface area contributed by atoms with Crippen LogP contribution in [0.5, 0.6) is 0 Å².